The lowest BCUT2D eigenvalue weighted by Crippen LogP contribution is -3.08. The number of quaternary nitrogens is 1. The van der Waals surface area contributed by atoms with E-state index in [0.717, 1.165) is 18.7 Å². The molecule has 5 atom stereocenters. The van der Waals surface area contributed by atoms with Crippen LogP contribution < -0.4 is 4.90 Å². The first-order chi connectivity index (χ1) is 13.6. The maximum atomic E-state index is 12.2. The van der Waals surface area contributed by atoms with Gasteiger partial charge in [-0.3, -0.25) is 19.2 Å². The summed E-state index contributed by atoms with van der Waals surface area (Å²) in [7, 11) is 1.91. The van der Waals surface area contributed by atoms with Crippen LogP contribution >= 0.6 is 0 Å². The summed E-state index contributed by atoms with van der Waals surface area (Å²) in [6, 6.07) is 0. The van der Waals surface area contributed by atoms with E-state index in [9.17, 15) is 19.2 Å². The Bertz CT molecular complexity index is 642. The lowest BCUT2D eigenvalue weighted by molar-refractivity contribution is -0.872. The molecule has 5 unspecified atom stereocenters. The predicted octanol–water partition coefficient (Wildman–Crippen LogP) is -1.39. The second kappa shape index (κ2) is 12.0. The molecule has 1 N–H and O–H groups in total. The van der Waals surface area contributed by atoms with Crippen molar-refractivity contribution in [2.45, 2.75) is 58.2 Å². The molecule has 0 aromatic carbocycles. The Labute approximate surface area is 169 Å². The second-order valence-corrected chi connectivity index (χ2v) is 6.68. The highest BCUT2D eigenvalue weighted by molar-refractivity contribution is 5.70. The minimum absolute atomic E-state index is 0.0974. The number of carbonyl (C=O) groups is 4. The molecule has 10 nitrogen and oxygen atoms in total. The third-order valence-electron chi connectivity index (χ3n) is 3.94. The average molecular weight is 414 g/mol. The van der Waals surface area contributed by atoms with Gasteiger partial charge in [-0.15, -0.1) is 6.42 Å². The molecule has 1 aliphatic rings. The highest BCUT2D eigenvalue weighted by atomic mass is 16.7. The summed E-state index contributed by atoms with van der Waals surface area (Å²) in [5.74, 6) is -0.0675. The van der Waals surface area contributed by atoms with E-state index in [1.165, 1.54) is 6.92 Å². The molecule has 1 rings (SSSR count). The van der Waals surface area contributed by atoms with E-state index in [1.54, 1.807) is 0 Å². The van der Waals surface area contributed by atoms with Crippen molar-refractivity contribution < 1.29 is 47.8 Å². The van der Waals surface area contributed by atoms with Crippen molar-refractivity contribution in [3.05, 3.63) is 0 Å². The minimum Gasteiger partial charge on any atom is -0.456 e. The van der Waals surface area contributed by atoms with Crippen LogP contribution in [0.1, 0.15) is 33.6 Å². The van der Waals surface area contributed by atoms with Crippen molar-refractivity contribution in [2.24, 2.45) is 0 Å². The fraction of sp³-hybridized carbons (Fsp3) is 0.684. The van der Waals surface area contributed by atoms with E-state index < -0.39 is 48.5 Å². The fourth-order valence-corrected chi connectivity index (χ4v) is 2.80. The van der Waals surface area contributed by atoms with E-state index in [2.05, 4.69) is 5.92 Å². The lowest BCUT2D eigenvalue weighted by atomic mass is 10.0. The molecular weight excluding hydrogens is 386 g/mol. The largest absolute Gasteiger partial charge is 0.456 e. The number of esters is 4. The van der Waals surface area contributed by atoms with Gasteiger partial charge in [-0.2, -0.15) is 0 Å². The predicted molar refractivity (Wildman–Crippen MR) is 97.2 cm³/mol. The third-order valence-corrected chi connectivity index (χ3v) is 3.94. The quantitative estimate of drug-likeness (QED) is 0.276. The maximum Gasteiger partial charge on any atom is 0.308 e. The van der Waals surface area contributed by atoms with Crippen molar-refractivity contribution in [2.75, 3.05) is 26.7 Å². The summed E-state index contributed by atoms with van der Waals surface area (Å²) in [5.41, 5.74) is 0. The van der Waals surface area contributed by atoms with E-state index in [0.29, 0.717) is 19.5 Å². The zero-order chi connectivity index (χ0) is 22.0. The minimum atomic E-state index is -1.31. The average Bonchev–Trinajstić information content (AvgIpc) is 2.59. The smallest absolute Gasteiger partial charge is 0.308 e. The monoisotopic (exact) mass is 414 g/mol. The van der Waals surface area contributed by atoms with Crippen LogP contribution in [0.4, 0.5) is 0 Å². The van der Waals surface area contributed by atoms with Gasteiger partial charge >= 0.3 is 23.9 Å². The van der Waals surface area contributed by atoms with Crippen LogP contribution in [0.15, 0.2) is 0 Å². The number of hydrogen-bond donors (Lipinski definition) is 1. The number of ether oxygens (including phenoxy) is 5. The summed E-state index contributed by atoms with van der Waals surface area (Å²) < 4.78 is 26.2. The van der Waals surface area contributed by atoms with Crippen molar-refractivity contribution in [3.8, 4) is 12.3 Å². The van der Waals surface area contributed by atoms with Gasteiger partial charge in [0, 0.05) is 27.2 Å². The molecule has 0 aliphatic carbocycles. The fourth-order valence-electron chi connectivity index (χ4n) is 2.80. The Kier molecular flexibility index (Phi) is 10.1. The van der Waals surface area contributed by atoms with Crippen molar-refractivity contribution >= 4 is 23.9 Å². The zero-order valence-electron chi connectivity index (χ0n) is 17.1. The van der Waals surface area contributed by atoms with E-state index in [4.69, 9.17) is 30.1 Å². The van der Waals surface area contributed by atoms with Crippen LogP contribution in [-0.2, 0) is 42.9 Å². The lowest BCUT2D eigenvalue weighted by Gasteiger charge is -2.39. The standard InChI is InChI=1S/C19H27NO9/c1-6-9-20(5)10-7-8-16(24)29-19-18(28-14(4)23)17(27-13(3)22)15(11-25-19)26-12(2)21/h1,15,17-19H,7-11H2,2-5H3/p+1. The Balaban J connectivity index is 2.82. The molecule has 1 heterocycles. The summed E-state index contributed by atoms with van der Waals surface area (Å²) in [4.78, 5) is 47.6. The first-order valence-electron chi connectivity index (χ1n) is 9.21. The van der Waals surface area contributed by atoms with Gasteiger partial charge < -0.3 is 28.6 Å². The van der Waals surface area contributed by atoms with Crippen molar-refractivity contribution in [3.63, 3.8) is 0 Å². The molecule has 0 spiro atoms. The molecule has 1 fully saturated rings. The topological polar surface area (TPSA) is 119 Å². The van der Waals surface area contributed by atoms with Crippen molar-refractivity contribution in [1.29, 1.82) is 0 Å². The first kappa shape index (κ1) is 24.4. The SMILES string of the molecule is C#CC[NH+](C)CCCC(=O)OC1OCC(OC(C)=O)C(OC(C)=O)C1OC(C)=O. The second-order valence-electron chi connectivity index (χ2n) is 6.68. The van der Waals surface area contributed by atoms with Crippen LogP contribution in [0.5, 0.6) is 0 Å². The number of terminal acetylenes is 1. The number of rotatable bonds is 9. The number of carbonyl (C=O) groups excluding carboxylic acids is 4. The third kappa shape index (κ3) is 8.93. The van der Waals surface area contributed by atoms with Gasteiger partial charge in [0.1, 0.15) is 6.54 Å². The molecular formula is C19H28NO9+. The number of nitrogens with one attached hydrogen (secondary N) is 1. The highest BCUT2D eigenvalue weighted by Gasteiger charge is 2.48. The Morgan fingerprint density at radius 1 is 1.00 bits per heavy atom. The van der Waals surface area contributed by atoms with E-state index >= 15 is 0 Å². The van der Waals surface area contributed by atoms with Gasteiger partial charge in [0.05, 0.1) is 26.6 Å². The normalized spacial score (nSPS) is 24.5. The summed E-state index contributed by atoms with van der Waals surface area (Å²) >= 11 is 0. The summed E-state index contributed by atoms with van der Waals surface area (Å²) in [6.07, 6.45) is 1.08. The van der Waals surface area contributed by atoms with Crippen LogP contribution in [0, 0.1) is 12.3 Å². The van der Waals surface area contributed by atoms with E-state index in [-0.39, 0.29) is 13.0 Å². The van der Waals surface area contributed by atoms with E-state index in [1.807, 2.05) is 7.05 Å². The van der Waals surface area contributed by atoms with Gasteiger partial charge in [0.2, 0.25) is 12.4 Å². The molecule has 0 amide bonds. The van der Waals surface area contributed by atoms with Gasteiger partial charge in [0.25, 0.3) is 0 Å². The molecule has 10 heteroatoms. The summed E-state index contributed by atoms with van der Waals surface area (Å²) in [6.45, 7) is 4.48. The van der Waals surface area contributed by atoms with Gasteiger partial charge in [-0.1, -0.05) is 0 Å². The van der Waals surface area contributed by atoms with Gasteiger partial charge in [-0.05, 0) is 5.92 Å². The molecule has 0 aromatic rings. The van der Waals surface area contributed by atoms with Crippen LogP contribution in [0.25, 0.3) is 0 Å². The number of hydrogen-bond acceptors (Lipinski definition) is 9. The van der Waals surface area contributed by atoms with Crippen LogP contribution in [0.3, 0.4) is 0 Å². The van der Waals surface area contributed by atoms with Crippen molar-refractivity contribution in [1.82, 2.24) is 0 Å². The Hall–Kier alpha value is -2.64. The highest BCUT2D eigenvalue weighted by Crippen LogP contribution is 2.25. The van der Waals surface area contributed by atoms with Gasteiger partial charge in [0.15, 0.2) is 12.2 Å². The summed E-state index contributed by atoms with van der Waals surface area (Å²) in [5, 5.41) is 0. The van der Waals surface area contributed by atoms with Gasteiger partial charge in [-0.25, -0.2) is 0 Å². The molecule has 1 aliphatic heterocycles. The molecule has 0 radical (unpaired) electrons. The Morgan fingerprint density at radius 3 is 2.14 bits per heavy atom. The molecule has 162 valence electrons. The molecule has 0 saturated carbocycles. The molecule has 0 bridgehead atoms. The van der Waals surface area contributed by atoms with Crippen LogP contribution in [0.2, 0.25) is 0 Å². The maximum absolute atomic E-state index is 12.2. The molecule has 0 aromatic heterocycles. The molecule has 29 heavy (non-hydrogen) atoms. The molecule has 1 saturated heterocycles. The van der Waals surface area contributed by atoms with Crippen LogP contribution in [-0.4, -0.2) is 75.2 Å². The zero-order valence-corrected chi connectivity index (χ0v) is 17.1. The Morgan fingerprint density at radius 2 is 1.59 bits per heavy atom. The first-order valence-corrected chi connectivity index (χ1v) is 9.21.